The van der Waals surface area contributed by atoms with Crippen molar-refractivity contribution in [1.29, 1.82) is 0 Å². The highest BCUT2D eigenvalue weighted by Gasteiger charge is 2.21. The molecule has 1 aliphatic rings. The monoisotopic (exact) mass is 312 g/mol. The molecule has 1 saturated heterocycles. The molecule has 0 bridgehead atoms. The summed E-state index contributed by atoms with van der Waals surface area (Å²) in [6.07, 6.45) is 0.691. The molecule has 2 atom stereocenters. The van der Waals surface area contributed by atoms with Gasteiger partial charge in [0, 0.05) is 29.3 Å². The summed E-state index contributed by atoms with van der Waals surface area (Å²) in [6.45, 7) is 6.94. The van der Waals surface area contributed by atoms with Crippen molar-refractivity contribution in [3.8, 4) is 0 Å². The Labute approximate surface area is 117 Å². The van der Waals surface area contributed by atoms with Gasteiger partial charge in [-0.25, -0.2) is 0 Å². The Morgan fingerprint density at radius 1 is 1.56 bits per heavy atom. The molecule has 2 N–H and O–H groups in total. The van der Waals surface area contributed by atoms with Gasteiger partial charge in [0.1, 0.15) is 0 Å². The fourth-order valence-electron chi connectivity index (χ4n) is 2.46. The zero-order valence-electron chi connectivity index (χ0n) is 11.0. The third-order valence-corrected chi connectivity index (χ3v) is 4.18. The van der Waals surface area contributed by atoms with Crippen molar-refractivity contribution < 1.29 is 5.11 Å². The van der Waals surface area contributed by atoms with Gasteiger partial charge in [0.15, 0.2) is 0 Å². The minimum Gasteiger partial charge on any atom is -0.391 e. The highest BCUT2D eigenvalue weighted by Crippen LogP contribution is 2.29. The second-order valence-electron chi connectivity index (χ2n) is 4.87. The summed E-state index contributed by atoms with van der Waals surface area (Å²) in [7, 11) is 0. The van der Waals surface area contributed by atoms with E-state index in [1.807, 2.05) is 0 Å². The van der Waals surface area contributed by atoms with Crippen LogP contribution in [0.5, 0.6) is 0 Å². The molecule has 0 aromatic heterocycles. The number of anilines is 1. The zero-order chi connectivity index (χ0) is 13.1. The summed E-state index contributed by atoms with van der Waals surface area (Å²) in [5.41, 5.74) is 2.46. The van der Waals surface area contributed by atoms with E-state index in [9.17, 15) is 5.11 Å². The first-order chi connectivity index (χ1) is 8.61. The maximum absolute atomic E-state index is 9.58. The molecule has 3 nitrogen and oxygen atoms in total. The van der Waals surface area contributed by atoms with E-state index in [4.69, 9.17) is 0 Å². The molecular weight excluding hydrogens is 292 g/mol. The van der Waals surface area contributed by atoms with Crippen molar-refractivity contribution in [2.75, 3.05) is 24.5 Å². The number of nitrogens with one attached hydrogen (secondary N) is 1. The van der Waals surface area contributed by atoms with Crippen LogP contribution in [-0.4, -0.2) is 30.8 Å². The molecule has 0 spiro atoms. The van der Waals surface area contributed by atoms with E-state index in [1.54, 1.807) is 0 Å². The molecule has 1 aromatic rings. The average Bonchev–Trinajstić information content (AvgIpc) is 2.76. The van der Waals surface area contributed by atoms with E-state index >= 15 is 0 Å². The van der Waals surface area contributed by atoms with Crippen LogP contribution in [0.25, 0.3) is 0 Å². The van der Waals surface area contributed by atoms with Crippen LogP contribution in [0.4, 0.5) is 5.69 Å². The van der Waals surface area contributed by atoms with Crippen molar-refractivity contribution in [1.82, 2.24) is 5.32 Å². The standard InChI is InChI=1S/C14H21BrN2O/c1-3-16-10(2)13-5-4-11(8-14(13)15)17-7-6-12(18)9-17/h4-5,8,10,12,16,18H,3,6-7,9H2,1-2H3. The first kappa shape index (κ1) is 13.8. The Bertz CT molecular complexity index is 411. The number of aliphatic hydroxyl groups is 1. The summed E-state index contributed by atoms with van der Waals surface area (Å²) in [5, 5.41) is 13.0. The Morgan fingerprint density at radius 2 is 2.33 bits per heavy atom. The number of hydrogen-bond acceptors (Lipinski definition) is 3. The maximum Gasteiger partial charge on any atom is 0.0731 e. The smallest absolute Gasteiger partial charge is 0.0731 e. The number of β-amino-alcohol motifs (C(OH)–C–C–N with tert-alkyl or cyclic N) is 1. The van der Waals surface area contributed by atoms with Crippen molar-refractivity contribution in [2.45, 2.75) is 32.4 Å². The first-order valence-corrected chi connectivity index (χ1v) is 7.37. The fourth-order valence-corrected chi connectivity index (χ4v) is 3.17. The van der Waals surface area contributed by atoms with E-state index in [0.29, 0.717) is 6.04 Å². The van der Waals surface area contributed by atoms with Gasteiger partial charge in [-0.15, -0.1) is 0 Å². The Morgan fingerprint density at radius 3 is 2.89 bits per heavy atom. The van der Waals surface area contributed by atoms with E-state index < -0.39 is 0 Å². The third kappa shape index (κ3) is 3.05. The van der Waals surface area contributed by atoms with Crippen molar-refractivity contribution in [2.24, 2.45) is 0 Å². The molecule has 0 aliphatic carbocycles. The highest BCUT2D eigenvalue weighted by molar-refractivity contribution is 9.10. The molecule has 1 heterocycles. The van der Waals surface area contributed by atoms with Crippen LogP contribution in [0.3, 0.4) is 0 Å². The minimum absolute atomic E-state index is 0.177. The molecule has 4 heteroatoms. The predicted molar refractivity (Wildman–Crippen MR) is 79.1 cm³/mol. The first-order valence-electron chi connectivity index (χ1n) is 6.57. The molecular formula is C14H21BrN2O. The second-order valence-corrected chi connectivity index (χ2v) is 5.73. The fraction of sp³-hybridized carbons (Fsp3) is 0.571. The molecule has 2 unspecified atom stereocenters. The third-order valence-electron chi connectivity index (χ3n) is 3.49. The van der Waals surface area contributed by atoms with Crippen LogP contribution >= 0.6 is 15.9 Å². The molecule has 1 aliphatic heterocycles. The largest absolute Gasteiger partial charge is 0.391 e. The molecule has 0 saturated carbocycles. The summed E-state index contributed by atoms with van der Waals surface area (Å²) in [4.78, 5) is 2.23. The normalized spacial score (nSPS) is 21.3. The predicted octanol–water partition coefficient (Wildman–Crippen LogP) is 2.69. The minimum atomic E-state index is -0.177. The molecule has 100 valence electrons. The van der Waals surface area contributed by atoms with Crippen molar-refractivity contribution in [3.05, 3.63) is 28.2 Å². The van der Waals surface area contributed by atoms with E-state index in [2.05, 4.69) is 58.2 Å². The number of aliphatic hydroxyl groups excluding tert-OH is 1. The van der Waals surface area contributed by atoms with Crippen LogP contribution in [0, 0.1) is 0 Å². The summed E-state index contributed by atoms with van der Waals surface area (Å²) in [5.74, 6) is 0. The lowest BCUT2D eigenvalue weighted by molar-refractivity contribution is 0.198. The van der Waals surface area contributed by atoms with Gasteiger partial charge in [0.2, 0.25) is 0 Å². The molecule has 18 heavy (non-hydrogen) atoms. The number of benzene rings is 1. The average molecular weight is 313 g/mol. The van der Waals surface area contributed by atoms with Crippen LogP contribution in [0.15, 0.2) is 22.7 Å². The molecule has 0 amide bonds. The quantitative estimate of drug-likeness (QED) is 0.897. The SMILES string of the molecule is CCNC(C)c1ccc(N2CCC(O)C2)cc1Br. The number of nitrogens with zero attached hydrogens (tertiary/aromatic N) is 1. The summed E-state index contributed by atoms with van der Waals surface area (Å²) in [6, 6.07) is 6.81. The number of hydrogen-bond donors (Lipinski definition) is 2. The van der Waals surface area contributed by atoms with Gasteiger partial charge in [0.05, 0.1) is 6.10 Å². The van der Waals surface area contributed by atoms with Gasteiger partial charge in [-0.1, -0.05) is 28.9 Å². The summed E-state index contributed by atoms with van der Waals surface area (Å²) < 4.78 is 1.13. The zero-order valence-corrected chi connectivity index (χ0v) is 12.6. The molecule has 2 rings (SSSR count). The molecule has 0 radical (unpaired) electrons. The van der Waals surface area contributed by atoms with Gasteiger partial charge < -0.3 is 15.3 Å². The van der Waals surface area contributed by atoms with Crippen LogP contribution in [0.2, 0.25) is 0 Å². The number of rotatable bonds is 4. The Hall–Kier alpha value is -0.580. The van der Waals surface area contributed by atoms with Gasteiger partial charge in [-0.05, 0) is 37.6 Å². The van der Waals surface area contributed by atoms with Gasteiger partial charge in [0.25, 0.3) is 0 Å². The maximum atomic E-state index is 9.58. The van der Waals surface area contributed by atoms with Gasteiger partial charge in [-0.2, -0.15) is 0 Å². The van der Waals surface area contributed by atoms with E-state index in [-0.39, 0.29) is 6.10 Å². The van der Waals surface area contributed by atoms with Crippen molar-refractivity contribution in [3.63, 3.8) is 0 Å². The number of halogens is 1. The lowest BCUT2D eigenvalue weighted by atomic mass is 10.1. The van der Waals surface area contributed by atoms with Crippen molar-refractivity contribution >= 4 is 21.6 Å². The topological polar surface area (TPSA) is 35.5 Å². The lowest BCUT2D eigenvalue weighted by Crippen LogP contribution is -2.22. The van der Waals surface area contributed by atoms with Gasteiger partial charge >= 0.3 is 0 Å². The van der Waals surface area contributed by atoms with Crippen LogP contribution in [-0.2, 0) is 0 Å². The summed E-state index contributed by atoms with van der Waals surface area (Å²) >= 11 is 3.65. The molecule has 1 fully saturated rings. The van der Waals surface area contributed by atoms with Crippen LogP contribution < -0.4 is 10.2 Å². The highest BCUT2D eigenvalue weighted by atomic mass is 79.9. The van der Waals surface area contributed by atoms with Gasteiger partial charge in [-0.3, -0.25) is 0 Å². The van der Waals surface area contributed by atoms with Crippen LogP contribution in [0.1, 0.15) is 31.9 Å². The Kier molecular flexibility index (Phi) is 4.65. The lowest BCUT2D eigenvalue weighted by Gasteiger charge is -2.21. The van der Waals surface area contributed by atoms with E-state index in [1.165, 1.54) is 11.3 Å². The Balaban J connectivity index is 2.14. The van der Waals surface area contributed by atoms with E-state index in [0.717, 1.165) is 30.5 Å². The second kappa shape index (κ2) is 6.04. The molecule has 1 aromatic carbocycles.